The molecule has 1 heterocycles. The van der Waals surface area contributed by atoms with Crippen molar-refractivity contribution in [2.45, 2.75) is 18.8 Å². The summed E-state index contributed by atoms with van der Waals surface area (Å²) in [7, 11) is 0. The summed E-state index contributed by atoms with van der Waals surface area (Å²) >= 11 is 0. The van der Waals surface area contributed by atoms with Gasteiger partial charge in [-0.2, -0.15) is 5.26 Å². The quantitative estimate of drug-likeness (QED) is 0.875. The number of nitriles is 1. The van der Waals surface area contributed by atoms with E-state index in [0.717, 1.165) is 24.4 Å². The molecule has 1 fully saturated rings. The Bertz CT molecular complexity index is 655. The maximum absolute atomic E-state index is 9.06. The number of hydrogen-bond donors (Lipinski definition) is 2. The third kappa shape index (κ3) is 2.47. The topological polar surface area (TPSA) is 87.6 Å². The van der Waals surface area contributed by atoms with Gasteiger partial charge in [-0.25, -0.2) is 9.97 Å². The van der Waals surface area contributed by atoms with Gasteiger partial charge in [-0.15, -0.1) is 0 Å². The highest BCUT2D eigenvalue weighted by atomic mass is 15.1. The minimum Gasteiger partial charge on any atom is -0.384 e. The lowest BCUT2D eigenvalue weighted by atomic mass is 10.2. The van der Waals surface area contributed by atoms with Crippen molar-refractivity contribution < 1.29 is 0 Å². The van der Waals surface area contributed by atoms with E-state index in [1.807, 2.05) is 18.2 Å². The second-order valence-corrected chi connectivity index (χ2v) is 4.59. The molecule has 1 saturated carbocycles. The molecule has 0 atom stereocenters. The molecule has 19 heavy (non-hydrogen) atoms. The lowest BCUT2D eigenvalue weighted by Crippen LogP contribution is -2.03. The molecule has 0 amide bonds. The minimum atomic E-state index is 0.440. The molecule has 3 N–H and O–H groups in total. The molecular formula is C14H13N5. The molecule has 5 heteroatoms. The third-order valence-corrected chi connectivity index (χ3v) is 3.02. The normalized spacial score (nSPS) is 13.8. The van der Waals surface area contributed by atoms with Gasteiger partial charge >= 0.3 is 0 Å². The van der Waals surface area contributed by atoms with Crippen molar-refractivity contribution in [3.8, 4) is 6.07 Å². The smallest absolute Gasteiger partial charge is 0.136 e. The summed E-state index contributed by atoms with van der Waals surface area (Å²) in [6, 6.07) is 11.1. The fourth-order valence-electron chi connectivity index (χ4n) is 1.90. The Kier molecular flexibility index (Phi) is 2.76. The van der Waals surface area contributed by atoms with Crippen LogP contribution in [0.1, 0.15) is 30.1 Å². The average molecular weight is 251 g/mol. The summed E-state index contributed by atoms with van der Waals surface area (Å²) in [4.78, 5) is 8.70. The first-order chi connectivity index (χ1) is 9.26. The Labute approximate surface area is 111 Å². The molecule has 0 bridgehead atoms. The van der Waals surface area contributed by atoms with Crippen molar-refractivity contribution in [3.63, 3.8) is 0 Å². The van der Waals surface area contributed by atoms with Gasteiger partial charge in [0.2, 0.25) is 0 Å². The van der Waals surface area contributed by atoms with E-state index in [-0.39, 0.29) is 0 Å². The van der Waals surface area contributed by atoms with E-state index in [9.17, 15) is 0 Å². The highest BCUT2D eigenvalue weighted by Gasteiger charge is 2.27. The van der Waals surface area contributed by atoms with Crippen molar-refractivity contribution in [1.82, 2.24) is 9.97 Å². The predicted octanol–water partition coefficient (Wildman–Crippen LogP) is 2.55. The first-order valence-corrected chi connectivity index (χ1v) is 6.17. The van der Waals surface area contributed by atoms with Gasteiger partial charge in [0.25, 0.3) is 0 Å². The number of anilines is 3. The molecule has 94 valence electrons. The van der Waals surface area contributed by atoms with E-state index < -0.39 is 0 Å². The number of nitrogens with two attached hydrogens (primary N) is 1. The van der Waals surface area contributed by atoms with Gasteiger partial charge in [-0.3, -0.25) is 0 Å². The molecule has 1 aromatic carbocycles. The number of benzene rings is 1. The summed E-state index contributed by atoms with van der Waals surface area (Å²) in [5, 5.41) is 12.2. The summed E-state index contributed by atoms with van der Waals surface area (Å²) in [6.45, 7) is 0. The van der Waals surface area contributed by atoms with Crippen LogP contribution in [-0.2, 0) is 0 Å². The van der Waals surface area contributed by atoms with Crippen LogP contribution >= 0.6 is 0 Å². The zero-order valence-corrected chi connectivity index (χ0v) is 10.3. The van der Waals surface area contributed by atoms with E-state index in [1.165, 1.54) is 0 Å². The molecule has 1 aliphatic carbocycles. The van der Waals surface area contributed by atoms with Crippen molar-refractivity contribution >= 4 is 17.3 Å². The van der Waals surface area contributed by atoms with Gasteiger partial charge in [-0.05, 0) is 25.0 Å². The highest BCUT2D eigenvalue weighted by molar-refractivity contribution is 5.65. The van der Waals surface area contributed by atoms with Gasteiger partial charge in [0.15, 0.2) is 0 Å². The minimum absolute atomic E-state index is 0.440. The number of rotatable bonds is 3. The van der Waals surface area contributed by atoms with E-state index in [2.05, 4.69) is 21.4 Å². The summed E-state index contributed by atoms with van der Waals surface area (Å²) in [5.41, 5.74) is 7.10. The van der Waals surface area contributed by atoms with Crippen LogP contribution in [0.2, 0.25) is 0 Å². The number of nitrogen functional groups attached to an aromatic ring is 1. The maximum atomic E-state index is 9.06. The van der Waals surface area contributed by atoms with Crippen LogP contribution in [0.4, 0.5) is 17.3 Å². The van der Waals surface area contributed by atoms with Crippen LogP contribution < -0.4 is 11.1 Å². The first-order valence-electron chi connectivity index (χ1n) is 6.17. The first kappa shape index (κ1) is 11.5. The van der Waals surface area contributed by atoms with Crippen molar-refractivity contribution in [2.24, 2.45) is 0 Å². The number of nitrogens with zero attached hydrogens (tertiary/aromatic N) is 3. The number of aromatic nitrogens is 2. The van der Waals surface area contributed by atoms with Crippen LogP contribution in [0, 0.1) is 11.3 Å². The standard InChI is InChI=1S/C14H13N5/c15-8-10-3-1-2-4-11(10)17-13-7-12(16)18-14(19-13)9-5-6-9/h1-4,7,9H,5-6H2,(H3,16,17,18,19). The zero-order chi connectivity index (χ0) is 13.2. The van der Waals surface area contributed by atoms with Gasteiger partial charge in [0.1, 0.15) is 23.5 Å². The molecule has 5 nitrogen and oxygen atoms in total. The third-order valence-electron chi connectivity index (χ3n) is 3.02. The molecule has 0 aliphatic heterocycles. The molecule has 1 aliphatic rings. The SMILES string of the molecule is N#Cc1ccccc1Nc1cc(N)nc(C2CC2)n1. The second-order valence-electron chi connectivity index (χ2n) is 4.59. The Hall–Kier alpha value is -2.61. The Morgan fingerprint density at radius 2 is 2.05 bits per heavy atom. The van der Waals surface area contributed by atoms with Gasteiger partial charge in [0, 0.05) is 12.0 Å². The lowest BCUT2D eigenvalue weighted by molar-refractivity contribution is 0.936. The van der Waals surface area contributed by atoms with Crippen LogP contribution in [0.25, 0.3) is 0 Å². The Morgan fingerprint density at radius 3 is 2.79 bits per heavy atom. The fraction of sp³-hybridized carbons (Fsp3) is 0.214. The van der Waals surface area contributed by atoms with Gasteiger partial charge in [0.05, 0.1) is 11.3 Å². The number of hydrogen-bond acceptors (Lipinski definition) is 5. The fourth-order valence-corrected chi connectivity index (χ4v) is 1.90. The molecule has 3 rings (SSSR count). The summed E-state index contributed by atoms with van der Waals surface area (Å²) in [5.74, 6) is 2.32. The maximum Gasteiger partial charge on any atom is 0.136 e. The number of para-hydroxylation sites is 1. The van der Waals surface area contributed by atoms with Crippen LogP contribution in [0.3, 0.4) is 0 Å². The molecule has 0 unspecified atom stereocenters. The molecule has 1 aromatic heterocycles. The summed E-state index contributed by atoms with van der Waals surface area (Å²) < 4.78 is 0. The highest BCUT2D eigenvalue weighted by Crippen LogP contribution is 2.38. The van der Waals surface area contributed by atoms with Gasteiger partial charge in [-0.1, -0.05) is 12.1 Å². The van der Waals surface area contributed by atoms with Crippen LogP contribution in [-0.4, -0.2) is 9.97 Å². The van der Waals surface area contributed by atoms with Crippen molar-refractivity contribution in [2.75, 3.05) is 11.1 Å². The monoisotopic (exact) mass is 251 g/mol. The predicted molar refractivity (Wildman–Crippen MR) is 72.9 cm³/mol. The lowest BCUT2D eigenvalue weighted by Gasteiger charge is -2.09. The molecule has 0 saturated heterocycles. The van der Waals surface area contributed by atoms with Crippen molar-refractivity contribution in [1.29, 1.82) is 5.26 Å². The number of nitrogens with one attached hydrogen (secondary N) is 1. The van der Waals surface area contributed by atoms with E-state index in [0.29, 0.717) is 23.1 Å². The van der Waals surface area contributed by atoms with E-state index in [1.54, 1.807) is 12.1 Å². The van der Waals surface area contributed by atoms with Gasteiger partial charge < -0.3 is 11.1 Å². The van der Waals surface area contributed by atoms with E-state index >= 15 is 0 Å². The van der Waals surface area contributed by atoms with E-state index in [4.69, 9.17) is 11.0 Å². The molecule has 0 radical (unpaired) electrons. The molecular weight excluding hydrogens is 238 g/mol. The molecule has 2 aromatic rings. The summed E-state index contributed by atoms with van der Waals surface area (Å²) in [6.07, 6.45) is 2.25. The Balaban J connectivity index is 1.92. The second kappa shape index (κ2) is 4.58. The Morgan fingerprint density at radius 1 is 1.26 bits per heavy atom. The van der Waals surface area contributed by atoms with Crippen LogP contribution in [0.5, 0.6) is 0 Å². The van der Waals surface area contributed by atoms with Crippen LogP contribution in [0.15, 0.2) is 30.3 Å². The largest absolute Gasteiger partial charge is 0.384 e. The van der Waals surface area contributed by atoms with Crippen molar-refractivity contribution in [3.05, 3.63) is 41.7 Å². The molecule has 0 spiro atoms. The average Bonchev–Trinajstić information content (AvgIpc) is 3.23. The zero-order valence-electron chi connectivity index (χ0n) is 10.3.